The molecular weight excluding hydrogens is 270 g/mol. The van der Waals surface area contributed by atoms with Crippen molar-refractivity contribution in [3.63, 3.8) is 0 Å². The molecule has 1 aliphatic heterocycles. The Morgan fingerprint density at radius 3 is 3.05 bits per heavy atom. The lowest BCUT2D eigenvalue weighted by atomic mass is 10.1. The van der Waals surface area contributed by atoms with E-state index >= 15 is 0 Å². The number of aromatic nitrogens is 2. The van der Waals surface area contributed by atoms with E-state index in [9.17, 15) is 4.79 Å². The Hall–Kier alpha value is -1.44. The molecule has 3 rings (SSSR count). The minimum absolute atomic E-state index is 0.102. The zero-order chi connectivity index (χ0) is 14.7. The molecule has 0 aromatic carbocycles. The van der Waals surface area contributed by atoms with E-state index in [-0.39, 0.29) is 11.8 Å². The van der Waals surface area contributed by atoms with Gasteiger partial charge in [0.25, 0.3) is 0 Å². The number of carbonyl (C=O) groups is 1. The van der Waals surface area contributed by atoms with Crippen LogP contribution in [0.1, 0.15) is 24.5 Å². The maximum Gasteiger partial charge on any atom is 0.238 e. The van der Waals surface area contributed by atoms with Crippen LogP contribution in [0.2, 0.25) is 0 Å². The monoisotopic (exact) mass is 293 g/mol. The number of primary amides is 1. The molecule has 116 valence electrons. The topological polar surface area (TPSA) is 96.3 Å². The van der Waals surface area contributed by atoms with Crippen LogP contribution in [0.4, 0.5) is 0 Å². The number of hydrogen-bond donors (Lipinski definition) is 3. The number of ether oxygens (including phenoxy) is 1. The summed E-state index contributed by atoms with van der Waals surface area (Å²) < 4.78 is 5.33. The number of morpholine rings is 1. The van der Waals surface area contributed by atoms with E-state index in [0.717, 1.165) is 57.9 Å². The largest absolute Gasteiger partial charge is 0.379 e. The molecule has 0 spiro atoms. The lowest BCUT2D eigenvalue weighted by Crippen LogP contribution is -2.46. The van der Waals surface area contributed by atoms with Crippen LogP contribution in [-0.2, 0) is 9.53 Å². The van der Waals surface area contributed by atoms with E-state index in [4.69, 9.17) is 10.5 Å². The van der Waals surface area contributed by atoms with E-state index in [1.54, 1.807) is 6.33 Å². The molecule has 1 amide bonds. The minimum atomic E-state index is -0.597. The van der Waals surface area contributed by atoms with Gasteiger partial charge >= 0.3 is 0 Å². The number of rotatable bonds is 7. The highest BCUT2D eigenvalue weighted by molar-refractivity contribution is 5.90. The van der Waals surface area contributed by atoms with Crippen LogP contribution in [0.15, 0.2) is 12.5 Å². The molecule has 0 bridgehead atoms. The molecule has 7 nitrogen and oxygen atoms in total. The number of nitrogens with one attached hydrogen (secondary N) is 2. The third kappa shape index (κ3) is 3.09. The van der Waals surface area contributed by atoms with Crippen LogP contribution in [-0.4, -0.2) is 65.7 Å². The number of amides is 1. The maximum atomic E-state index is 11.8. The lowest BCUT2D eigenvalue weighted by Gasteiger charge is -2.26. The maximum absolute atomic E-state index is 11.8. The second-order valence-corrected chi connectivity index (χ2v) is 5.82. The van der Waals surface area contributed by atoms with Gasteiger partial charge in [0.05, 0.1) is 25.2 Å². The van der Waals surface area contributed by atoms with E-state index in [1.807, 2.05) is 6.20 Å². The molecule has 1 saturated heterocycles. The van der Waals surface area contributed by atoms with Crippen LogP contribution in [0, 0.1) is 0 Å². The van der Waals surface area contributed by atoms with Gasteiger partial charge in [-0.3, -0.25) is 9.69 Å². The Morgan fingerprint density at radius 1 is 1.57 bits per heavy atom. The molecule has 4 N–H and O–H groups in total. The molecule has 1 aromatic heterocycles. The molecule has 1 saturated carbocycles. The summed E-state index contributed by atoms with van der Waals surface area (Å²) in [5.74, 6) is -0.175. The van der Waals surface area contributed by atoms with Crippen molar-refractivity contribution in [1.29, 1.82) is 0 Å². The quantitative estimate of drug-likeness (QED) is 0.585. The first-order valence-electron chi connectivity index (χ1n) is 7.56. The first kappa shape index (κ1) is 14.5. The van der Waals surface area contributed by atoms with Crippen molar-refractivity contribution in [3.8, 4) is 0 Å². The Balaban J connectivity index is 1.45. The summed E-state index contributed by atoms with van der Waals surface area (Å²) in [5, 5.41) is 3.36. The number of nitrogens with two attached hydrogens (primary N) is 1. The summed E-state index contributed by atoms with van der Waals surface area (Å²) in [6, 6.07) is 0. The van der Waals surface area contributed by atoms with Gasteiger partial charge in [-0.2, -0.15) is 0 Å². The van der Waals surface area contributed by atoms with Gasteiger partial charge in [0.15, 0.2) is 0 Å². The number of hydrogen-bond acceptors (Lipinski definition) is 5. The fourth-order valence-electron chi connectivity index (χ4n) is 3.08. The minimum Gasteiger partial charge on any atom is -0.379 e. The SMILES string of the molecule is NC(=O)[C@@]1(NCCCN2CCOCC2)C[C@H]1c1c[nH]cn1. The van der Waals surface area contributed by atoms with Crippen LogP contribution < -0.4 is 11.1 Å². The highest BCUT2D eigenvalue weighted by Crippen LogP contribution is 2.50. The summed E-state index contributed by atoms with van der Waals surface area (Å²) in [4.78, 5) is 21.3. The van der Waals surface area contributed by atoms with Gasteiger partial charge < -0.3 is 20.8 Å². The summed E-state index contributed by atoms with van der Waals surface area (Å²) >= 11 is 0. The third-order valence-electron chi connectivity index (χ3n) is 4.47. The van der Waals surface area contributed by atoms with Gasteiger partial charge in [-0.15, -0.1) is 0 Å². The van der Waals surface area contributed by atoms with Crippen molar-refractivity contribution in [2.75, 3.05) is 39.4 Å². The van der Waals surface area contributed by atoms with Crippen molar-refractivity contribution in [2.45, 2.75) is 24.3 Å². The van der Waals surface area contributed by atoms with Crippen molar-refractivity contribution < 1.29 is 9.53 Å². The number of carbonyl (C=O) groups excluding carboxylic acids is 1. The standard InChI is InChI=1S/C14H23N5O2/c15-13(20)14(8-11(14)12-9-16-10-17-12)18-2-1-3-19-4-6-21-7-5-19/h9-11,18H,1-8H2,(H2,15,20)(H,16,17)/t11-,14+/m0/s1. The van der Waals surface area contributed by atoms with Crippen LogP contribution in [0.5, 0.6) is 0 Å². The predicted octanol–water partition coefficient (Wildman–Crippen LogP) is -0.567. The van der Waals surface area contributed by atoms with Gasteiger partial charge in [-0.25, -0.2) is 4.98 Å². The summed E-state index contributed by atoms with van der Waals surface area (Å²) in [7, 11) is 0. The fraction of sp³-hybridized carbons (Fsp3) is 0.714. The number of imidazole rings is 1. The first-order chi connectivity index (χ1) is 10.2. The molecule has 2 fully saturated rings. The average molecular weight is 293 g/mol. The number of nitrogens with zero attached hydrogens (tertiary/aromatic N) is 2. The second-order valence-electron chi connectivity index (χ2n) is 5.82. The number of H-pyrrole nitrogens is 1. The smallest absolute Gasteiger partial charge is 0.238 e. The zero-order valence-electron chi connectivity index (χ0n) is 12.2. The molecule has 2 aliphatic rings. The zero-order valence-corrected chi connectivity index (χ0v) is 12.2. The summed E-state index contributed by atoms with van der Waals surface area (Å²) in [5.41, 5.74) is 5.90. The van der Waals surface area contributed by atoms with Crippen molar-refractivity contribution in [3.05, 3.63) is 18.2 Å². The second kappa shape index (κ2) is 6.13. The van der Waals surface area contributed by atoms with Crippen LogP contribution in [0.25, 0.3) is 0 Å². The predicted molar refractivity (Wildman–Crippen MR) is 77.7 cm³/mol. The van der Waals surface area contributed by atoms with E-state index in [0.29, 0.717) is 0 Å². The van der Waals surface area contributed by atoms with Gasteiger partial charge in [0, 0.05) is 25.2 Å². The molecule has 0 radical (unpaired) electrons. The van der Waals surface area contributed by atoms with E-state index in [2.05, 4.69) is 20.2 Å². The van der Waals surface area contributed by atoms with Gasteiger partial charge in [0.1, 0.15) is 5.54 Å². The Bertz CT molecular complexity index is 472. The van der Waals surface area contributed by atoms with Gasteiger partial charge in [-0.1, -0.05) is 0 Å². The van der Waals surface area contributed by atoms with Gasteiger partial charge in [0.2, 0.25) is 5.91 Å². The highest BCUT2D eigenvalue weighted by atomic mass is 16.5. The normalized spacial score (nSPS) is 29.4. The van der Waals surface area contributed by atoms with Crippen molar-refractivity contribution >= 4 is 5.91 Å². The molecule has 0 unspecified atom stereocenters. The molecule has 2 atom stereocenters. The molecular formula is C14H23N5O2. The Kier molecular flexibility index (Phi) is 4.23. The fourth-order valence-corrected chi connectivity index (χ4v) is 3.08. The highest BCUT2D eigenvalue weighted by Gasteiger charge is 2.60. The van der Waals surface area contributed by atoms with E-state index < -0.39 is 5.54 Å². The molecule has 1 aliphatic carbocycles. The molecule has 2 heterocycles. The Labute approximate surface area is 124 Å². The molecule has 7 heteroatoms. The van der Waals surface area contributed by atoms with Crippen molar-refractivity contribution in [1.82, 2.24) is 20.2 Å². The first-order valence-corrected chi connectivity index (χ1v) is 7.56. The van der Waals surface area contributed by atoms with Crippen LogP contribution >= 0.6 is 0 Å². The van der Waals surface area contributed by atoms with E-state index in [1.165, 1.54) is 0 Å². The molecule has 1 aromatic rings. The average Bonchev–Trinajstić information content (AvgIpc) is 2.99. The summed E-state index contributed by atoms with van der Waals surface area (Å²) in [6.45, 7) is 5.45. The van der Waals surface area contributed by atoms with Crippen LogP contribution in [0.3, 0.4) is 0 Å². The summed E-state index contributed by atoms with van der Waals surface area (Å²) in [6.07, 6.45) is 5.22. The third-order valence-corrected chi connectivity index (χ3v) is 4.47. The lowest BCUT2D eigenvalue weighted by molar-refractivity contribution is -0.121. The van der Waals surface area contributed by atoms with Gasteiger partial charge in [-0.05, 0) is 25.9 Å². The van der Waals surface area contributed by atoms with Crippen molar-refractivity contribution in [2.24, 2.45) is 5.73 Å². The number of aromatic amines is 1. The Morgan fingerprint density at radius 2 is 2.38 bits per heavy atom. The molecule has 21 heavy (non-hydrogen) atoms.